The van der Waals surface area contributed by atoms with E-state index in [2.05, 4.69) is 40.5 Å². The van der Waals surface area contributed by atoms with Crippen LogP contribution in [0.5, 0.6) is 5.75 Å². The van der Waals surface area contributed by atoms with E-state index in [1.807, 2.05) is 53.4 Å². The zero-order valence-corrected chi connectivity index (χ0v) is 21.9. The molecule has 1 heterocycles. The third kappa shape index (κ3) is 6.83. The monoisotopic (exact) mass is 519 g/mol. The van der Waals surface area contributed by atoms with Gasteiger partial charge in [-0.25, -0.2) is 4.79 Å². The Hall–Kier alpha value is -3.06. The summed E-state index contributed by atoms with van der Waals surface area (Å²) in [6, 6.07) is 26.5. The van der Waals surface area contributed by atoms with Gasteiger partial charge in [-0.05, 0) is 47.4 Å². The lowest BCUT2D eigenvalue weighted by molar-refractivity contribution is 0.00546. The van der Waals surface area contributed by atoms with Crippen LogP contribution in [0.3, 0.4) is 0 Å². The average Bonchev–Trinajstić information content (AvgIpc) is 3.71. The number of methoxy groups -OCH3 is 1. The van der Waals surface area contributed by atoms with Crippen LogP contribution in [0.4, 0.5) is 4.79 Å². The van der Waals surface area contributed by atoms with Gasteiger partial charge in [0.05, 0.1) is 19.8 Å². The number of amides is 2. The number of nitrogens with one attached hydrogen (secondary N) is 1. The van der Waals surface area contributed by atoms with Crippen LogP contribution in [0.15, 0.2) is 78.9 Å². The van der Waals surface area contributed by atoms with Crippen LogP contribution in [-0.2, 0) is 11.3 Å². The molecule has 0 bridgehead atoms. The van der Waals surface area contributed by atoms with Crippen LogP contribution in [0.25, 0.3) is 0 Å². The van der Waals surface area contributed by atoms with Gasteiger partial charge in [0.1, 0.15) is 5.75 Å². The Kier molecular flexibility index (Phi) is 8.29. The Balaban J connectivity index is 1.15. The first kappa shape index (κ1) is 25.6. The Morgan fingerprint density at radius 2 is 1.78 bits per heavy atom. The lowest BCUT2D eigenvalue weighted by atomic mass is 10.1. The minimum Gasteiger partial charge on any atom is -0.497 e. The molecule has 1 aliphatic heterocycles. The summed E-state index contributed by atoms with van der Waals surface area (Å²) in [7, 11) is 1.68. The zero-order valence-electron chi connectivity index (χ0n) is 21.2. The molecule has 7 heteroatoms. The summed E-state index contributed by atoms with van der Waals surface area (Å²) in [5.74, 6) is 1.25. The van der Waals surface area contributed by atoms with Gasteiger partial charge in [0, 0.05) is 49.7 Å². The van der Waals surface area contributed by atoms with E-state index in [0.717, 1.165) is 42.9 Å². The van der Waals surface area contributed by atoms with Gasteiger partial charge in [-0.15, -0.1) is 0 Å². The molecule has 3 aromatic carbocycles. The first-order valence-corrected chi connectivity index (χ1v) is 13.3. The second-order valence-corrected chi connectivity index (χ2v) is 10.2. The highest BCUT2D eigenvalue weighted by atomic mass is 35.5. The van der Waals surface area contributed by atoms with Gasteiger partial charge in [0.25, 0.3) is 0 Å². The third-order valence-corrected chi connectivity index (χ3v) is 7.45. The quantitative estimate of drug-likeness (QED) is 0.406. The smallest absolute Gasteiger partial charge is 0.317 e. The minimum absolute atomic E-state index is 0.0460. The third-order valence-electron chi connectivity index (χ3n) is 7.22. The summed E-state index contributed by atoms with van der Waals surface area (Å²) in [6.07, 6.45) is 0.884. The maximum Gasteiger partial charge on any atom is 0.317 e. The number of benzene rings is 3. The van der Waals surface area contributed by atoms with Crippen molar-refractivity contribution in [3.05, 3.63) is 101 Å². The van der Waals surface area contributed by atoms with Gasteiger partial charge < -0.3 is 19.7 Å². The number of piperazine rings is 1. The summed E-state index contributed by atoms with van der Waals surface area (Å²) < 4.78 is 11.9. The molecule has 6 nitrogen and oxygen atoms in total. The fourth-order valence-corrected chi connectivity index (χ4v) is 5.17. The molecule has 0 unspecified atom stereocenters. The van der Waals surface area contributed by atoms with Crippen molar-refractivity contribution in [1.29, 1.82) is 0 Å². The van der Waals surface area contributed by atoms with E-state index >= 15 is 0 Å². The fraction of sp³-hybridized carbons (Fsp3) is 0.367. The number of hydrogen-bond acceptors (Lipinski definition) is 4. The molecular weight excluding hydrogens is 486 g/mol. The first-order valence-electron chi connectivity index (χ1n) is 12.9. The molecule has 1 aliphatic carbocycles. The Bertz CT molecular complexity index is 1180. The van der Waals surface area contributed by atoms with Crippen molar-refractivity contribution < 1.29 is 14.3 Å². The van der Waals surface area contributed by atoms with E-state index in [4.69, 9.17) is 21.1 Å². The highest BCUT2D eigenvalue weighted by Crippen LogP contribution is 2.40. The first-order chi connectivity index (χ1) is 18.1. The van der Waals surface area contributed by atoms with Gasteiger partial charge in [0.2, 0.25) is 0 Å². The van der Waals surface area contributed by atoms with Crippen molar-refractivity contribution >= 4 is 17.6 Å². The predicted octanol–water partition coefficient (Wildman–Crippen LogP) is 5.49. The van der Waals surface area contributed by atoms with Crippen molar-refractivity contribution in [2.75, 3.05) is 39.8 Å². The molecule has 0 spiro atoms. The topological polar surface area (TPSA) is 54.0 Å². The maximum absolute atomic E-state index is 12.9. The Morgan fingerprint density at radius 1 is 1.00 bits per heavy atom. The summed E-state index contributed by atoms with van der Waals surface area (Å²) in [5, 5.41) is 3.93. The van der Waals surface area contributed by atoms with Crippen molar-refractivity contribution in [2.24, 2.45) is 0 Å². The fourth-order valence-electron chi connectivity index (χ4n) is 4.96. The number of carbonyl (C=O) groups excluding carboxylic acids is 1. The van der Waals surface area contributed by atoms with Crippen LogP contribution in [-0.4, -0.2) is 61.7 Å². The van der Waals surface area contributed by atoms with Crippen LogP contribution in [0.1, 0.15) is 35.1 Å². The van der Waals surface area contributed by atoms with Gasteiger partial charge in [-0.1, -0.05) is 66.2 Å². The summed E-state index contributed by atoms with van der Waals surface area (Å²) in [6.45, 7) is 4.22. The zero-order chi connectivity index (χ0) is 25.6. The van der Waals surface area contributed by atoms with Gasteiger partial charge in [0.15, 0.2) is 0 Å². The number of hydrogen-bond donors (Lipinski definition) is 1. The molecule has 1 saturated heterocycles. The molecule has 2 aliphatic rings. The van der Waals surface area contributed by atoms with Crippen molar-refractivity contribution in [3.63, 3.8) is 0 Å². The lowest BCUT2D eigenvalue weighted by Crippen LogP contribution is -2.52. The summed E-state index contributed by atoms with van der Waals surface area (Å²) in [4.78, 5) is 17.2. The number of ether oxygens (including phenoxy) is 2. The molecule has 2 amide bonds. The van der Waals surface area contributed by atoms with E-state index in [9.17, 15) is 4.79 Å². The largest absolute Gasteiger partial charge is 0.497 e. The van der Waals surface area contributed by atoms with E-state index < -0.39 is 0 Å². The standard InChI is InChI=1S/C30H34ClN3O3/c1-36-26-12-6-10-24(18-26)29(37-21-22-7-5-11-25(31)17-22)20-33-13-15-34(16-14-33)30(35)32-28-19-27(28)23-8-3-2-4-9-23/h2-12,17-18,27-29H,13-16,19-21H2,1H3,(H,32,35)/t27-,28+,29+/m0/s1. The van der Waals surface area contributed by atoms with Crippen LogP contribution in [0.2, 0.25) is 5.02 Å². The molecule has 5 rings (SSSR count). The number of urea groups is 1. The van der Waals surface area contributed by atoms with Crippen molar-refractivity contribution in [3.8, 4) is 5.75 Å². The van der Waals surface area contributed by atoms with Crippen LogP contribution >= 0.6 is 11.6 Å². The molecule has 194 valence electrons. The Morgan fingerprint density at radius 3 is 2.54 bits per heavy atom. The normalized spacial score (nSPS) is 20.3. The lowest BCUT2D eigenvalue weighted by Gasteiger charge is -2.36. The predicted molar refractivity (Wildman–Crippen MR) is 146 cm³/mol. The average molecular weight is 520 g/mol. The Labute approximate surface area is 224 Å². The molecule has 3 aromatic rings. The van der Waals surface area contributed by atoms with Gasteiger partial charge in [-0.2, -0.15) is 0 Å². The number of rotatable bonds is 9. The minimum atomic E-state index is -0.132. The molecule has 2 fully saturated rings. The maximum atomic E-state index is 12.9. The van der Waals surface area contributed by atoms with Crippen molar-refractivity contribution in [1.82, 2.24) is 15.1 Å². The van der Waals surface area contributed by atoms with E-state index in [0.29, 0.717) is 30.6 Å². The summed E-state index contributed by atoms with van der Waals surface area (Å²) in [5.41, 5.74) is 3.41. The second kappa shape index (κ2) is 12.0. The molecule has 37 heavy (non-hydrogen) atoms. The van der Waals surface area contributed by atoms with E-state index in [-0.39, 0.29) is 18.2 Å². The number of nitrogens with zero attached hydrogens (tertiary/aromatic N) is 2. The SMILES string of the molecule is COc1cccc([C@@H](CN2CCN(C(=O)N[C@@H]3C[C@H]3c3ccccc3)CC2)OCc2cccc(Cl)c2)c1. The molecule has 3 atom stereocenters. The molecule has 0 radical (unpaired) electrons. The van der Waals surface area contributed by atoms with Gasteiger partial charge in [-0.3, -0.25) is 4.90 Å². The molecule has 0 aromatic heterocycles. The van der Waals surface area contributed by atoms with Gasteiger partial charge >= 0.3 is 6.03 Å². The van der Waals surface area contributed by atoms with Crippen molar-refractivity contribution in [2.45, 2.75) is 31.1 Å². The number of halogens is 1. The molecular formula is C30H34ClN3O3. The van der Waals surface area contributed by atoms with Crippen LogP contribution < -0.4 is 10.1 Å². The van der Waals surface area contributed by atoms with E-state index in [1.165, 1.54) is 5.56 Å². The van der Waals surface area contributed by atoms with Crippen LogP contribution in [0, 0.1) is 0 Å². The van der Waals surface area contributed by atoms with E-state index in [1.54, 1.807) is 7.11 Å². The summed E-state index contributed by atoms with van der Waals surface area (Å²) >= 11 is 6.17. The molecule has 1 N–H and O–H groups in total. The highest BCUT2D eigenvalue weighted by molar-refractivity contribution is 6.30. The number of carbonyl (C=O) groups is 1. The second-order valence-electron chi connectivity index (χ2n) is 9.80. The highest BCUT2D eigenvalue weighted by Gasteiger charge is 2.40. The molecule has 1 saturated carbocycles.